The van der Waals surface area contributed by atoms with Gasteiger partial charge in [-0.25, -0.2) is 0 Å². The standard InChI is InChI=1S/C5H5NOS.Na/c7-6-4-2-1-3-5(6)8;/h1-4,7H;. The molecule has 0 amide bonds. The Morgan fingerprint density at radius 3 is 2.44 bits per heavy atom. The number of aromatic nitrogens is 1. The second-order valence-corrected chi connectivity index (χ2v) is 1.80. The van der Waals surface area contributed by atoms with E-state index in [2.05, 4.69) is 12.2 Å². The molecule has 1 radical (unpaired) electrons. The van der Waals surface area contributed by atoms with Gasteiger partial charge in [-0.1, -0.05) is 18.3 Å². The Morgan fingerprint density at radius 2 is 2.11 bits per heavy atom. The van der Waals surface area contributed by atoms with Gasteiger partial charge in [0.05, 0.1) is 0 Å². The molecule has 1 N–H and O–H groups in total. The van der Waals surface area contributed by atoms with E-state index in [0.717, 1.165) is 4.73 Å². The van der Waals surface area contributed by atoms with Crippen molar-refractivity contribution in [3.05, 3.63) is 29.0 Å². The molecule has 0 saturated carbocycles. The topological polar surface area (TPSA) is 25.2 Å². The van der Waals surface area contributed by atoms with E-state index < -0.39 is 0 Å². The van der Waals surface area contributed by atoms with Crippen LogP contribution in [-0.4, -0.2) is 39.5 Å². The molecule has 0 unspecified atom stereocenters. The largest absolute Gasteiger partial charge is 0.428 e. The molecular formula is C5H5NNaOS. The summed E-state index contributed by atoms with van der Waals surface area (Å²) in [6.45, 7) is 0. The van der Waals surface area contributed by atoms with Crippen molar-refractivity contribution in [3.63, 3.8) is 0 Å². The molecule has 0 aromatic carbocycles. The van der Waals surface area contributed by atoms with Crippen LogP contribution in [0.2, 0.25) is 0 Å². The van der Waals surface area contributed by atoms with Gasteiger partial charge < -0.3 is 5.21 Å². The molecule has 43 valence electrons. The average Bonchev–Trinajstić information content (AvgIpc) is 1.77. The smallest absolute Gasteiger partial charge is 0.142 e. The molecule has 0 fully saturated rings. The van der Waals surface area contributed by atoms with E-state index in [1.54, 1.807) is 18.2 Å². The van der Waals surface area contributed by atoms with Crippen LogP contribution in [0, 0.1) is 4.64 Å². The first kappa shape index (κ1) is 9.17. The molecule has 0 spiro atoms. The zero-order valence-electron chi connectivity index (χ0n) is 5.11. The Balaban J connectivity index is 0.000000640. The third-order valence-electron chi connectivity index (χ3n) is 0.803. The van der Waals surface area contributed by atoms with E-state index in [1.165, 1.54) is 6.20 Å². The maximum atomic E-state index is 8.73. The van der Waals surface area contributed by atoms with Crippen LogP contribution in [0.3, 0.4) is 0 Å². The SMILES string of the molecule is On1ccccc1=S.[Na]. The Morgan fingerprint density at radius 1 is 1.44 bits per heavy atom. The third kappa shape index (κ3) is 2.49. The summed E-state index contributed by atoms with van der Waals surface area (Å²) >= 11 is 4.67. The molecule has 0 aliphatic rings. The summed E-state index contributed by atoms with van der Waals surface area (Å²) in [6.07, 6.45) is 1.49. The van der Waals surface area contributed by atoms with Crippen LogP contribution in [-0.2, 0) is 0 Å². The summed E-state index contributed by atoms with van der Waals surface area (Å²) in [5, 5.41) is 8.73. The molecule has 2 nitrogen and oxygen atoms in total. The van der Waals surface area contributed by atoms with E-state index in [-0.39, 0.29) is 29.6 Å². The first-order chi connectivity index (χ1) is 3.80. The predicted octanol–water partition coefficient (Wildman–Crippen LogP) is 1.07. The van der Waals surface area contributed by atoms with Gasteiger partial charge in [-0.15, -0.1) is 0 Å². The second-order valence-electron chi connectivity index (χ2n) is 1.38. The minimum Gasteiger partial charge on any atom is -0.428 e. The van der Waals surface area contributed by atoms with Gasteiger partial charge in [0.15, 0.2) is 0 Å². The molecular weight excluding hydrogens is 145 g/mol. The number of rotatable bonds is 0. The molecule has 0 saturated heterocycles. The average molecular weight is 150 g/mol. The molecule has 1 rings (SSSR count). The van der Waals surface area contributed by atoms with Gasteiger partial charge >= 0.3 is 0 Å². The van der Waals surface area contributed by atoms with Gasteiger partial charge in [-0.05, 0) is 12.1 Å². The van der Waals surface area contributed by atoms with E-state index in [1.807, 2.05) is 0 Å². The fraction of sp³-hybridized carbons (Fsp3) is 0. The van der Waals surface area contributed by atoms with Gasteiger partial charge in [0.1, 0.15) is 4.64 Å². The number of pyridine rings is 1. The van der Waals surface area contributed by atoms with Crippen LogP contribution in [0.15, 0.2) is 24.4 Å². The molecule has 0 bridgehead atoms. The van der Waals surface area contributed by atoms with Gasteiger partial charge in [0.25, 0.3) is 0 Å². The Hall–Kier alpha value is 0.170. The van der Waals surface area contributed by atoms with Crippen LogP contribution in [0.25, 0.3) is 0 Å². The van der Waals surface area contributed by atoms with Crippen molar-refractivity contribution in [1.29, 1.82) is 0 Å². The third-order valence-corrected chi connectivity index (χ3v) is 1.13. The minimum absolute atomic E-state index is 0. The Kier molecular flexibility index (Phi) is 4.14. The molecule has 1 heterocycles. The van der Waals surface area contributed by atoms with Gasteiger partial charge in [0.2, 0.25) is 0 Å². The van der Waals surface area contributed by atoms with Crippen molar-refractivity contribution in [1.82, 2.24) is 4.73 Å². The molecule has 4 heteroatoms. The summed E-state index contributed by atoms with van der Waals surface area (Å²) in [7, 11) is 0. The zero-order chi connectivity index (χ0) is 5.98. The fourth-order valence-electron chi connectivity index (χ4n) is 0.419. The van der Waals surface area contributed by atoms with E-state index in [0.29, 0.717) is 4.64 Å². The first-order valence-electron chi connectivity index (χ1n) is 2.17. The van der Waals surface area contributed by atoms with Crippen LogP contribution >= 0.6 is 12.2 Å². The second kappa shape index (κ2) is 4.06. The summed E-state index contributed by atoms with van der Waals surface area (Å²) < 4.78 is 1.32. The number of hydrogen-bond donors (Lipinski definition) is 1. The maximum Gasteiger partial charge on any atom is 0.142 e. The summed E-state index contributed by atoms with van der Waals surface area (Å²) in [6, 6.07) is 5.13. The van der Waals surface area contributed by atoms with Crippen LogP contribution in [0.1, 0.15) is 0 Å². The van der Waals surface area contributed by atoms with Crippen LogP contribution in [0.5, 0.6) is 0 Å². The Labute approximate surface area is 80.4 Å². The maximum absolute atomic E-state index is 8.73. The van der Waals surface area contributed by atoms with Crippen molar-refractivity contribution in [2.45, 2.75) is 0 Å². The fourth-order valence-corrected chi connectivity index (χ4v) is 0.558. The Bertz CT molecular complexity index is 234. The van der Waals surface area contributed by atoms with Gasteiger partial charge in [-0.3, -0.25) is 0 Å². The molecule has 1 aromatic heterocycles. The predicted molar refractivity (Wildman–Crippen MR) is 38.2 cm³/mol. The van der Waals surface area contributed by atoms with Crippen molar-refractivity contribution in [2.24, 2.45) is 0 Å². The van der Waals surface area contributed by atoms with Crippen molar-refractivity contribution >= 4 is 41.8 Å². The van der Waals surface area contributed by atoms with E-state index in [4.69, 9.17) is 5.21 Å². The zero-order valence-corrected chi connectivity index (χ0v) is 7.93. The van der Waals surface area contributed by atoms with Crippen molar-refractivity contribution < 1.29 is 5.21 Å². The molecule has 1 aromatic rings. The molecule has 0 aliphatic carbocycles. The van der Waals surface area contributed by atoms with Gasteiger partial charge in [-0.2, -0.15) is 4.73 Å². The minimum atomic E-state index is 0. The molecule has 9 heavy (non-hydrogen) atoms. The van der Waals surface area contributed by atoms with E-state index in [9.17, 15) is 0 Å². The van der Waals surface area contributed by atoms with E-state index >= 15 is 0 Å². The van der Waals surface area contributed by atoms with Crippen molar-refractivity contribution in [2.75, 3.05) is 0 Å². The first-order valence-corrected chi connectivity index (χ1v) is 2.58. The quantitative estimate of drug-likeness (QED) is 0.340. The normalized spacial score (nSPS) is 8.00. The summed E-state index contributed by atoms with van der Waals surface area (Å²) in [4.78, 5) is 0. The monoisotopic (exact) mass is 150 g/mol. The summed E-state index contributed by atoms with van der Waals surface area (Å²) in [5.41, 5.74) is 0. The number of nitrogens with zero attached hydrogens (tertiary/aromatic N) is 1. The van der Waals surface area contributed by atoms with Crippen LogP contribution in [0.4, 0.5) is 0 Å². The number of hydrogen-bond acceptors (Lipinski definition) is 2. The molecule has 0 aliphatic heterocycles. The van der Waals surface area contributed by atoms with Gasteiger partial charge in [0, 0.05) is 35.8 Å². The molecule has 0 atom stereocenters. The summed E-state index contributed by atoms with van der Waals surface area (Å²) in [5.74, 6) is 0. The van der Waals surface area contributed by atoms with Crippen LogP contribution < -0.4 is 0 Å². The van der Waals surface area contributed by atoms with Crippen molar-refractivity contribution in [3.8, 4) is 0 Å².